The van der Waals surface area contributed by atoms with E-state index in [9.17, 15) is 9.82 Å². The summed E-state index contributed by atoms with van der Waals surface area (Å²) in [6, 6.07) is 2.20. The van der Waals surface area contributed by atoms with E-state index in [0.29, 0.717) is 18.1 Å². The highest BCUT2D eigenvalue weighted by molar-refractivity contribution is 6.52. The number of nitrogens with one attached hydrogen (secondary N) is 2. The van der Waals surface area contributed by atoms with Crippen molar-refractivity contribution >= 4 is 29.6 Å². The van der Waals surface area contributed by atoms with Crippen molar-refractivity contribution in [3.05, 3.63) is 30.0 Å². The number of carbonyl (C=O) groups excluding carboxylic acids is 1. The van der Waals surface area contributed by atoms with E-state index < -0.39 is 7.12 Å². The molecule has 0 atom stereocenters. The average Bonchev–Trinajstić information content (AvgIpc) is 2.97. The van der Waals surface area contributed by atoms with Gasteiger partial charge in [0.1, 0.15) is 11.4 Å². The van der Waals surface area contributed by atoms with Gasteiger partial charge in [0.2, 0.25) is 5.91 Å². The molecule has 6 nitrogen and oxygen atoms in total. The van der Waals surface area contributed by atoms with Gasteiger partial charge < -0.3 is 20.0 Å². The van der Waals surface area contributed by atoms with E-state index in [1.807, 2.05) is 19.2 Å². The van der Waals surface area contributed by atoms with Crippen LogP contribution < -0.4 is 9.97 Å². The summed E-state index contributed by atoms with van der Waals surface area (Å²) < 4.78 is 5.50. The number of amides is 1. The molecule has 3 heterocycles. The molecular weight excluding hydrogens is 293 g/mol. The smallest absolute Gasteiger partial charge is 0.531 e. The number of aromatic nitrogens is 2. The second kappa shape index (κ2) is 5.42. The van der Waals surface area contributed by atoms with Gasteiger partial charge in [-0.1, -0.05) is 6.92 Å². The Morgan fingerprint density at radius 1 is 1.57 bits per heavy atom. The van der Waals surface area contributed by atoms with Crippen LogP contribution in [-0.4, -0.2) is 34.1 Å². The molecule has 3 N–H and O–H groups in total. The van der Waals surface area contributed by atoms with E-state index in [-0.39, 0.29) is 11.9 Å². The van der Waals surface area contributed by atoms with E-state index >= 15 is 0 Å². The van der Waals surface area contributed by atoms with Crippen molar-refractivity contribution in [2.75, 3.05) is 0 Å². The Morgan fingerprint density at radius 3 is 3.17 bits per heavy atom. The van der Waals surface area contributed by atoms with Crippen molar-refractivity contribution in [3.8, 4) is 5.75 Å². The lowest BCUT2D eigenvalue weighted by atomic mass is 9.68. The summed E-state index contributed by atoms with van der Waals surface area (Å²) in [4.78, 5) is 18.9. The minimum Gasteiger partial charge on any atom is -0.531 e. The van der Waals surface area contributed by atoms with Crippen LogP contribution in [0, 0.1) is 5.92 Å². The van der Waals surface area contributed by atoms with Gasteiger partial charge in [0.05, 0.1) is 6.20 Å². The molecule has 7 heteroatoms. The van der Waals surface area contributed by atoms with E-state index in [2.05, 4.69) is 15.3 Å². The lowest BCUT2D eigenvalue weighted by Crippen LogP contribution is -2.45. The number of hydrogen-bond acceptors (Lipinski definition) is 4. The standard InChI is InChI=1S/C16H18BN3O3/c1-2-14(21)20-10-5-9(6-10)12-7-17(22)23-13-8-19-16-11(15(12)13)3-4-18-16/h3-4,7-10,22H,2,5-6H2,1H3,(H,18,19)(H,20,21). The zero-order chi connectivity index (χ0) is 16.0. The average molecular weight is 311 g/mol. The highest BCUT2D eigenvalue weighted by Crippen LogP contribution is 2.45. The first-order chi connectivity index (χ1) is 11.2. The maximum absolute atomic E-state index is 11.5. The van der Waals surface area contributed by atoms with E-state index in [1.54, 1.807) is 12.2 Å². The molecule has 1 saturated carbocycles. The van der Waals surface area contributed by atoms with Gasteiger partial charge in [-0.25, -0.2) is 4.98 Å². The van der Waals surface area contributed by atoms with Crippen LogP contribution in [0.2, 0.25) is 0 Å². The fourth-order valence-electron chi connectivity index (χ4n) is 3.44. The minimum atomic E-state index is -0.944. The first kappa shape index (κ1) is 14.3. The van der Waals surface area contributed by atoms with Crippen LogP contribution >= 0.6 is 0 Å². The Labute approximate surface area is 134 Å². The highest BCUT2D eigenvalue weighted by Gasteiger charge is 2.37. The summed E-state index contributed by atoms with van der Waals surface area (Å²) in [7, 11) is -0.944. The molecule has 1 amide bonds. The van der Waals surface area contributed by atoms with Crippen LogP contribution in [0.5, 0.6) is 5.75 Å². The molecule has 23 heavy (non-hydrogen) atoms. The number of aromatic amines is 1. The van der Waals surface area contributed by atoms with Gasteiger partial charge in [-0.3, -0.25) is 4.79 Å². The predicted molar refractivity (Wildman–Crippen MR) is 87.6 cm³/mol. The molecule has 0 bridgehead atoms. The molecule has 0 spiro atoms. The third-order valence-electron chi connectivity index (χ3n) is 4.67. The number of carbonyl (C=O) groups is 1. The number of allylic oxidation sites excluding steroid dienone is 1. The van der Waals surface area contributed by atoms with Crippen LogP contribution in [0.1, 0.15) is 31.7 Å². The summed E-state index contributed by atoms with van der Waals surface area (Å²) in [6.45, 7) is 1.86. The Kier molecular flexibility index (Phi) is 3.38. The van der Waals surface area contributed by atoms with Gasteiger partial charge in [-0.05, 0) is 36.4 Å². The molecule has 0 aromatic carbocycles. The van der Waals surface area contributed by atoms with Gasteiger partial charge >= 0.3 is 7.12 Å². The molecule has 0 saturated heterocycles. The maximum atomic E-state index is 11.5. The highest BCUT2D eigenvalue weighted by atomic mass is 16.5. The molecular formula is C16H18BN3O3. The second-order valence-electron chi connectivity index (χ2n) is 6.15. The molecule has 2 aromatic heterocycles. The van der Waals surface area contributed by atoms with Crippen LogP contribution in [0.4, 0.5) is 0 Å². The van der Waals surface area contributed by atoms with E-state index in [1.165, 1.54) is 0 Å². The molecule has 118 valence electrons. The van der Waals surface area contributed by atoms with Crippen molar-refractivity contribution in [3.63, 3.8) is 0 Å². The zero-order valence-electron chi connectivity index (χ0n) is 12.9. The Bertz CT molecular complexity index is 795. The predicted octanol–water partition coefficient (Wildman–Crippen LogP) is 1.66. The molecule has 0 unspecified atom stereocenters. The van der Waals surface area contributed by atoms with Crippen molar-refractivity contribution in [2.24, 2.45) is 5.92 Å². The van der Waals surface area contributed by atoms with Gasteiger partial charge in [0.15, 0.2) is 0 Å². The Balaban J connectivity index is 1.63. The van der Waals surface area contributed by atoms with Crippen LogP contribution in [-0.2, 0) is 4.79 Å². The normalized spacial score (nSPS) is 22.9. The fraction of sp³-hybridized carbons (Fsp3) is 0.375. The van der Waals surface area contributed by atoms with Gasteiger partial charge in [0, 0.05) is 29.6 Å². The molecule has 1 fully saturated rings. The summed E-state index contributed by atoms with van der Waals surface area (Å²) in [5.41, 5.74) is 2.91. The quantitative estimate of drug-likeness (QED) is 0.752. The number of hydrogen-bond donors (Lipinski definition) is 3. The minimum absolute atomic E-state index is 0.0899. The summed E-state index contributed by atoms with van der Waals surface area (Å²) in [5, 5.41) is 14.0. The molecule has 0 radical (unpaired) electrons. The first-order valence-electron chi connectivity index (χ1n) is 7.98. The second-order valence-corrected chi connectivity index (χ2v) is 6.15. The third kappa shape index (κ3) is 2.41. The van der Waals surface area contributed by atoms with Gasteiger partial charge in [-0.15, -0.1) is 0 Å². The van der Waals surface area contributed by atoms with Gasteiger partial charge in [-0.2, -0.15) is 0 Å². The molecule has 4 rings (SSSR count). The first-order valence-corrected chi connectivity index (χ1v) is 7.98. The van der Waals surface area contributed by atoms with Crippen LogP contribution in [0.25, 0.3) is 16.6 Å². The lowest BCUT2D eigenvalue weighted by molar-refractivity contribution is -0.122. The van der Waals surface area contributed by atoms with Crippen molar-refractivity contribution in [1.29, 1.82) is 0 Å². The van der Waals surface area contributed by atoms with Crippen LogP contribution in [0.3, 0.4) is 0 Å². The number of nitrogens with zero attached hydrogens (tertiary/aromatic N) is 1. The summed E-state index contributed by atoms with van der Waals surface area (Å²) in [5.74, 6) is 2.79. The molecule has 2 aliphatic rings. The van der Waals surface area contributed by atoms with Crippen LogP contribution in [0.15, 0.2) is 24.4 Å². The van der Waals surface area contributed by atoms with E-state index in [0.717, 1.165) is 35.0 Å². The summed E-state index contributed by atoms with van der Waals surface area (Å²) >= 11 is 0. The zero-order valence-corrected chi connectivity index (χ0v) is 12.9. The Hall–Kier alpha value is -2.28. The van der Waals surface area contributed by atoms with E-state index in [4.69, 9.17) is 4.65 Å². The topological polar surface area (TPSA) is 87.2 Å². The summed E-state index contributed by atoms with van der Waals surface area (Å²) in [6.07, 6.45) is 5.79. The number of H-pyrrole nitrogens is 1. The van der Waals surface area contributed by atoms with Crippen molar-refractivity contribution in [1.82, 2.24) is 15.3 Å². The monoisotopic (exact) mass is 311 g/mol. The number of rotatable bonds is 3. The lowest BCUT2D eigenvalue weighted by Gasteiger charge is -2.39. The van der Waals surface area contributed by atoms with Crippen molar-refractivity contribution in [2.45, 2.75) is 32.2 Å². The SMILES string of the molecule is CCC(=O)NC1CC(C2=CB(O)Oc3cnc4[nH]ccc4c32)C1. The molecule has 1 aliphatic carbocycles. The molecule has 2 aromatic rings. The largest absolute Gasteiger partial charge is 0.552 e. The van der Waals surface area contributed by atoms with Crippen molar-refractivity contribution < 1.29 is 14.5 Å². The van der Waals surface area contributed by atoms with Gasteiger partial charge in [0.25, 0.3) is 0 Å². The third-order valence-corrected chi connectivity index (χ3v) is 4.67. The maximum Gasteiger partial charge on any atom is 0.552 e. The number of pyridine rings is 1. The molecule has 1 aliphatic heterocycles. The number of fused-ring (bicyclic) bond motifs is 3. The fourth-order valence-corrected chi connectivity index (χ4v) is 3.44. The Morgan fingerprint density at radius 2 is 2.39 bits per heavy atom.